The largest absolute Gasteiger partial charge is 0.310 e. The molecule has 0 unspecified atom stereocenters. The molecule has 1 heterocycles. The average Bonchev–Trinajstić information content (AvgIpc) is 3.54. The third kappa shape index (κ3) is 4.24. The lowest BCUT2D eigenvalue weighted by atomic mass is 9.96. The molecule has 0 N–H and O–H groups in total. The zero-order chi connectivity index (χ0) is 31.6. The topological polar surface area (TPSA) is 3.24 Å². The van der Waals surface area contributed by atoms with E-state index in [-0.39, 0.29) is 0 Å². The van der Waals surface area contributed by atoms with Gasteiger partial charge in [-0.3, -0.25) is 0 Å². The number of rotatable bonds is 4. The Kier molecular flexibility index (Phi) is 6.12. The Morgan fingerprint density at radius 2 is 0.958 bits per heavy atom. The molecule has 0 atom stereocenters. The SMILES string of the molecule is c1ccc(-c2ccc(N(c3ccc4ccc5c6ccccc6ccc5c4c3)c3cccc4ccc5c6ccccc6sc5c34)cc2)cc1. The maximum absolute atomic E-state index is 2.46. The van der Waals surface area contributed by atoms with Crippen molar-refractivity contribution in [3.63, 3.8) is 0 Å². The Balaban J connectivity index is 1.25. The molecule has 0 spiro atoms. The van der Waals surface area contributed by atoms with Crippen LogP contribution in [0.15, 0.2) is 176 Å². The number of nitrogens with zero attached hydrogens (tertiary/aromatic N) is 1. The second-order valence-corrected chi connectivity index (χ2v) is 13.6. The molecule has 0 fully saturated rings. The molecule has 224 valence electrons. The molecule has 9 aromatic carbocycles. The number of fused-ring (bicyclic) bond motifs is 10. The smallest absolute Gasteiger partial charge is 0.0554 e. The molecule has 0 aliphatic carbocycles. The van der Waals surface area contributed by atoms with Gasteiger partial charge in [0.1, 0.15) is 0 Å². The lowest BCUT2D eigenvalue weighted by Gasteiger charge is -2.28. The van der Waals surface area contributed by atoms with Crippen molar-refractivity contribution in [2.24, 2.45) is 0 Å². The van der Waals surface area contributed by atoms with E-state index in [1.807, 2.05) is 11.3 Å². The molecule has 0 radical (unpaired) electrons. The van der Waals surface area contributed by atoms with Gasteiger partial charge in [-0.15, -0.1) is 11.3 Å². The predicted molar refractivity (Wildman–Crippen MR) is 209 cm³/mol. The fraction of sp³-hybridized carbons (Fsp3) is 0. The molecule has 0 aliphatic heterocycles. The molecule has 48 heavy (non-hydrogen) atoms. The summed E-state index contributed by atoms with van der Waals surface area (Å²) < 4.78 is 2.64. The summed E-state index contributed by atoms with van der Waals surface area (Å²) in [6.45, 7) is 0. The quantitative estimate of drug-likeness (QED) is 0.176. The van der Waals surface area contributed by atoms with E-state index in [2.05, 4.69) is 181 Å². The number of anilines is 3. The molecule has 10 aromatic rings. The molecule has 0 saturated heterocycles. The predicted octanol–water partition coefficient (Wildman–Crippen LogP) is 13.8. The van der Waals surface area contributed by atoms with E-state index < -0.39 is 0 Å². The summed E-state index contributed by atoms with van der Waals surface area (Å²) in [4.78, 5) is 2.46. The molecular formula is C46H29NS. The van der Waals surface area contributed by atoms with Crippen LogP contribution in [0.2, 0.25) is 0 Å². The Morgan fingerprint density at radius 1 is 0.354 bits per heavy atom. The highest BCUT2D eigenvalue weighted by atomic mass is 32.1. The average molecular weight is 628 g/mol. The van der Waals surface area contributed by atoms with Gasteiger partial charge in [-0.05, 0) is 85.2 Å². The van der Waals surface area contributed by atoms with Crippen LogP contribution in [0.4, 0.5) is 17.1 Å². The van der Waals surface area contributed by atoms with Crippen LogP contribution < -0.4 is 4.90 Å². The van der Waals surface area contributed by atoms with Crippen molar-refractivity contribution in [1.29, 1.82) is 0 Å². The summed E-state index contributed by atoms with van der Waals surface area (Å²) in [5.74, 6) is 0. The van der Waals surface area contributed by atoms with Crippen molar-refractivity contribution in [1.82, 2.24) is 0 Å². The monoisotopic (exact) mass is 627 g/mol. The fourth-order valence-electron chi connectivity index (χ4n) is 7.53. The van der Waals surface area contributed by atoms with E-state index in [0.717, 1.165) is 11.4 Å². The minimum absolute atomic E-state index is 1.13. The molecule has 2 heteroatoms. The zero-order valence-corrected chi connectivity index (χ0v) is 26.9. The van der Waals surface area contributed by atoms with E-state index in [0.29, 0.717) is 0 Å². The number of thiophene rings is 1. The van der Waals surface area contributed by atoms with Crippen LogP contribution in [-0.4, -0.2) is 0 Å². The van der Waals surface area contributed by atoms with E-state index in [1.165, 1.54) is 80.1 Å². The highest BCUT2D eigenvalue weighted by Crippen LogP contribution is 2.46. The van der Waals surface area contributed by atoms with Gasteiger partial charge in [0, 0.05) is 36.9 Å². The van der Waals surface area contributed by atoms with Crippen molar-refractivity contribution < 1.29 is 0 Å². The number of benzene rings is 9. The van der Waals surface area contributed by atoms with Gasteiger partial charge >= 0.3 is 0 Å². The Hall–Kier alpha value is -5.96. The normalized spacial score (nSPS) is 11.8. The van der Waals surface area contributed by atoms with Crippen LogP contribution in [-0.2, 0) is 0 Å². The van der Waals surface area contributed by atoms with Gasteiger partial charge in [-0.1, -0.05) is 140 Å². The van der Waals surface area contributed by atoms with Crippen molar-refractivity contribution >= 4 is 91.7 Å². The first-order chi connectivity index (χ1) is 23.8. The van der Waals surface area contributed by atoms with Crippen LogP contribution in [0, 0.1) is 0 Å². The van der Waals surface area contributed by atoms with Gasteiger partial charge in [0.25, 0.3) is 0 Å². The Labute approximate surface area is 282 Å². The van der Waals surface area contributed by atoms with Crippen molar-refractivity contribution in [2.45, 2.75) is 0 Å². The molecule has 1 aromatic heterocycles. The molecular weight excluding hydrogens is 599 g/mol. The first kappa shape index (κ1) is 27.2. The molecule has 0 saturated carbocycles. The second kappa shape index (κ2) is 10.8. The van der Waals surface area contributed by atoms with Crippen LogP contribution in [0.25, 0.3) is 74.4 Å². The van der Waals surface area contributed by atoms with Gasteiger partial charge in [-0.25, -0.2) is 0 Å². The molecule has 0 amide bonds. The summed E-state index contributed by atoms with van der Waals surface area (Å²) in [6.07, 6.45) is 0. The van der Waals surface area contributed by atoms with Gasteiger partial charge in [0.2, 0.25) is 0 Å². The maximum Gasteiger partial charge on any atom is 0.0554 e. The fourth-order valence-corrected chi connectivity index (χ4v) is 8.79. The van der Waals surface area contributed by atoms with Crippen molar-refractivity contribution in [3.8, 4) is 11.1 Å². The van der Waals surface area contributed by atoms with Crippen LogP contribution >= 0.6 is 11.3 Å². The molecule has 10 rings (SSSR count). The summed E-state index contributed by atoms with van der Waals surface area (Å²) in [7, 11) is 0. The number of hydrogen-bond acceptors (Lipinski definition) is 2. The van der Waals surface area contributed by atoms with Crippen LogP contribution in [0.3, 0.4) is 0 Å². The molecule has 1 nitrogen and oxygen atoms in total. The Morgan fingerprint density at radius 3 is 1.81 bits per heavy atom. The first-order valence-electron chi connectivity index (χ1n) is 16.4. The van der Waals surface area contributed by atoms with Gasteiger partial charge < -0.3 is 4.90 Å². The van der Waals surface area contributed by atoms with E-state index in [1.54, 1.807) is 0 Å². The third-order valence-corrected chi connectivity index (χ3v) is 11.0. The highest BCUT2D eigenvalue weighted by Gasteiger charge is 2.20. The van der Waals surface area contributed by atoms with Gasteiger partial charge in [0.15, 0.2) is 0 Å². The van der Waals surface area contributed by atoms with Crippen LogP contribution in [0.1, 0.15) is 0 Å². The first-order valence-corrected chi connectivity index (χ1v) is 17.2. The standard InChI is InChI=1S/C46H29NS/c1-2-9-30(10-3-1)31-17-23-35(24-18-31)47(43-15-8-12-34-22-28-41-40-14-6-7-16-44(40)48-46(41)45(34)43)36-25-19-33-21-26-38-37-13-5-4-11-32(37)20-27-39(38)42(33)29-36/h1-29H. The van der Waals surface area contributed by atoms with E-state index in [4.69, 9.17) is 0 Å². The van der Waals surface area contributed by atoms with Gasteiger partial charge in [0.05, 0.1) is 5.69 Å². The van der Waals surface area contributed by atoms with Gasteiger partial charge in [-0.2, -0.15) is 0 Å². The van der Waals surface area contributed by atoms with Crippen molar-refractivity contribution in [2.75, 3.05) is 4.90 Å². The molecule has 0 aliphatic rings. The maximum atomic E-state index is 2.46. The van der Waals surface area contributed by atoms with E-state index in [9.17, 15) is 0 Å². The zero-order valence-electron chi connectivity index (χ0n) is 26.1. The highest BCUT2D eigenvalue weighted by molar-refractivity contribution is 7.26. The molecule has 0 bridgehead atoms. The summed E-state index contributed by atoms with van der Waals surface area (Å²) in [6, 6.07) is 64.5. The Bertz CT molecular complexity index is 2830. The van der Waals surface area contributed by atoms with Crippen molar-refractivity contribution in [3.05, 3.63) is 176 Å². The summed E-state index contributed by atoms with van der Waals surface area (Å²) in [5, 5.41) is 12.8. The minimum atomic E-state index is 1.13. The lowest BCUT2D eigenvalue weighted by Crippen LogP contribution is -2.10. The summed E-state index contributed by atoms with van der Waals surface area (Å²) in [5.41, 5.74) is 5.88. The number of hydrogen-bond donors (Lipinski definition) is 0. The lowest BCUT2D eigenvalue weighted by molar-refractivity contribution is 1.31. The van der Waals surface area contributed by atoms with E-state index >= 15 is 0 Å². The minimum Gasteiger partial charge on any atom is -0.310 e. The third-order valence-electron chi connectivity index (χ3n) is 9.82. The second-order valence-electron chi connectivity index (χ2n) is 12.5. The summed E-state index contributed by atoms with van der Waals surface area (Å²) >= 11 is 1.89. The van der Waals surface area contributed by atoms with Crippen LogP contribution in [0.5, 0.6) is 0 Å².